The summed E-state index contributed by atoms with van der Waals surface area (Å²) in [4.78, 5) is 25.1. The standard InChI is InChI=1S/C11H15NO3S/c1-6-8(3)16-5-9(6)10(13)12(4)7(2)11(14)15/h5,7H,1-4H3,(H,14,15). The number of carboxylic acid groups (broad SMARTS) is 1. The molecule has 1 aromatic rings. The minimum absolute atomic E-state index is 0.239. The highest BCUT2D eigenvalue weighted by molar-refractivity contribution is 7.10. The van der Waals surface area contributed by atoms with Gasteiger partial charge < -0.3 is 10.0 Å². The molecule has 1 amide bonds. The van der Waals surface area contributed by atoms with Gasteiger partial charge in [-0.2, -0.15) is 0 Å². The Morgan fingerprint density at radius 1 is 1.44 bits per heavy atom. The number of nitrogens with zero attached hydrogens (tertiary/aromatic N) is 1. The number of carboxylic acids is 1. The summed E-state index contributed by atoms with van der Waals surface area (Å²) in [7, 11) is 1.51. The minimum atomic E-state index is -1.000. The summed E-state index contributed by atoms with van der Waals surface area (Å²) in [5.74, 6) is -1.24. The molecule has 0 aliphatic rings. The molecular weight excluding hydrogens is 226 g/mol. The number of thiophene rings is 1. The average molecular weight is 241 g/mol. The van der Waals surface area contributed by atoms with Gasteiger partial charge in [0.25, 0.3) is 5.91 Å². The van der Waals surface area contributed by atoms with Crippen LogP contribution in [0.3, 0.4) is 0 Å². The number of aryl methyl sites for hydroxylation is 1. The van der Waals surface area contributed by atoms with Gasteiger partial charge in [0.05, 0.1) is 5.56 Å². The average Bonchev–Trinajstić information content (AvgIpc) is 2.56. The predicted molar refractivity (Wildman–Crippen MR) is 63.0 cm³/mol. The molecule has 0 fully saturated rings. The van der Waals surface area contributed by atoms with Gasteiger partial charge in [0.2, 0.25) is 0 Å². The van der Waals surface area contributed by atoms with E-state index in [1.807, 2.05) is 13.8 Å². The number of hydrogen-bond acceptors (Lipinski definition) is 3. The zero-order valence-electron chi connectivity index (χ0n) is 9.77. The molecule has 1 atom stereocenters. The Kier molecular flexibility index (Phi) is 3.70. The third-order valence-corrected chi connectivity index (χ3v) is 3.79. The summed E-state index contributed by atoms with van der Waals surface area (Å²) < 4.78 is 0. The van der Waals surface area contributed by atoms with E-state index in [4.69, 9.17) is 5.11 Å². The first kappa shape index (κ1) is 12.7. The van der Waals surface area contributed by atoms with E-state index in [1.54, 1.807) is 5.38 Å². The second kappa shape index (κ2) is 4.65. The van der Waals surface area contributed by atoms with Crippen molar-refractivity contribution in [1.82, 2.24) is 4.90 Å². The number of hydrogen-bond donors (Lipinski definition) is 1. The van der Waals surface area contributed by atoms with Crippen LogP contribution in [0, 0.1) is 13.8 Å². The van der Waals surface area contributed by atoms with Crippen LogP contribution in [0.1, 0.15) is 27.7 Å². The van der Waals surface area contributed by atoms with E-state index in [0.29, 0.717) is 5.56 Å². The second-order valence-corrected chi connectivity index (χ2v) is 4.84. The van der Waals surface area contributed by atoms with Crippen LogP contribution >= 0.6 is 11.3 Å². The van der Waals surface area contributed by atoms with Crippen molar-refractivity contribution >= 4 is 23.2 Å². The molecule has 1 unspecified atom stereocenters. The largest absolute Gasteiger partial charge is 0.480 e. The summed E-state index contributed by atoms with van der Waals surface area (Å²) in [5, 5.41) is 10.6. The first-order valence-corrected chi connectivity index (χ1v) is 5.79. The normalized spacial score (nSPS) is 12.2. The van der Waals surface area contributed by atoms with Crippen LogP contribution in [0.4, 0.5) is 0 Å². The van der Waals surface area contributed by atoms with E-state index in [-0.39, 0.29) is 5.91 Å². The number of amides is 1. The van der Waals surface area contributed by atoms with Gasteiger partial charge in [-0.15, -0.1) is 11.3 Å². The molecule has 1 aromatic heterocycles. The van der Waals surface area contributed by atoms with Crippen LogP contribution in [0.25, 0.3) is 0 Å². The minimum Gasteiger partial charge on any atom is -0.480 e. The van der Waals surface area contributed by atoms with Gasteiger partial charge >= 0.3 is 5.97 Å². The smallest absolute Gasteiger partial charge is 0.326 e. The number of rotatable bonds is 3. The molecule has 0 aromatic carbocycles. The monoisotopic (exact) mass is 241 g/mol. The third-order valence-electron chi connectivity index (χ3n) is 2.77. The molecule has 1 heterocycles. The van der Waals surface area contributed by atoms with Crippen molar-refractivity contribution in [2.75, 3.05) is 7.05 Å². The number of carbonyl (C=O) groups is 2. The van der Waals surface area contributed by atoms with Crippen molar-refractivity contribution in [2.24, 2.45) is 0 Å². The Labute approximate surface area is 98.5 Å². The van der Waals surface area contributed by atoms with Crippen molar-refractivity contribution in [1.29, 1.82) is 0 Å². The van der Waals surface area contributed by atoms with Crippen molar-refractivity contribution in [3.63, 3.8) is 0 Å². The summed E-state index contributed by atoms with van der Waals surface area (Å²) in [6.45, 7) is 5.31. The maximum absolute atomic E-state index is 12.0. The molecule has 0 aliphatic carbocycles. The molecule has 0 saturated carbocycles. The first-order chi connectivity index (χ1) is 7.36. The topological polar surface area (TPSA) is 57.6 Å². The van der Waals surface area contributed by atoms with Crippen molar-refractivity contribution < 1.29 is 14.7 Å². The SMILES string of the molecule is Cc1scc(C(=O)N(C)C(C)C(=O)O)c1C. The van der Waals surface area contributed by atoms with Crippen molar-refractivity contribution in [3.8, 4) is 0 Å². The fourth-order valence-corrected chi connectivity index (χ4v) is 2.12. The zero-order chi connectivity index (χ0) is 12.5. The summed E-state index contributed by atoms with van der Waals surface area (Å²) in [6, 6.07) is -0.813. The third kappa shape index (κ3) is 2.24. The Morgan fingerprint density at radius 3 is 2.38 bits per heavy atom. The Hall–Kier alpha value is -1.36. The highest BCUT2D eigenvalue weighted by atomic mass is 32.1. The van der Waals surface area contributed by atoms with E-state index >= 15 is 0 Å². The van der Waals surface area contributed by atoms with E-state index < -0.39 is 12.0 Å². The molecule has 5 heteroatoms. The van der Waals surface area contributed by atoms with Gasteiger partial charge in [-0.3, -0.25) is 4.79 Å². The first-order valence-electron chi connectivity index (χ1n) is 4.91. The molecule has 0 aliphatic heterocycles. The van der Waals surface area contributed by atoms with Crippen molar-refractivity contribution in [2.45, 2.75) is 26.8 Å². The van der Waals surface area contributed by atoms with Crippen LogP contribution in [0.5, 0.6) is 0 Å². The van der Waals surface area contributed by atoms with Gasteiger partial charge in [0.15, 0.2) is 0 Å². The molecule has 0 radical (unpaired) electrons. The fraction of sp³-hybridized carbons (Fsp3) is 0.455. The highest BCUT2D eigenvalue weighted by Crippen LogP contribution is 2.22. The van der Waals surface area contributed by atoms with E-state index in [9.17, 15) is 9.59 Å². The number of carbonyl (C=O) groups excluding carboxylic acids is 1. The second-order valence-electron chi connectivity index (χ2n) is 3.76. The summed E-state index contributed by atoms with van der Waals surface area (Å²) >= 11 is 1.50. The molecule has 4 nitrogen and oxygen atoms in total. The number of aliphatic carboxylic acids is 1. The summed E-state index contributed by atoms with van der Waals surface area (Å²) in [6.07, 6.45) is 0. The van der Waals surface area contributed by atoms with Gasteiger partial charge in [-0.05, 0) is 26.3 Å². The van der Waals surface area contributed by atoms with Crippen LogP contribution in [0.15, 0.2) is 5.38 Å². The lowest BCUT2D eigenvalue weighted by Gasteiger charge is -2.21. The predicted octanol–water partition coefficient (Wildman–Crippen LogP) is 1.91. The maximum Gasteiger partial charge on any atom is 0.326 e. The van der Waals surface area contributed by atoms with Gasteiger partial charge in [0, 0.05) is 17.3 Å². The van der Waals surface area contributed by atoms with Crippen LogP contribution in [-0.2, 0) is 4.79 Å². The van der Waals surface area contributed by atoms with Gasteiger partial charge in [-0.1, -0.05) is 0 Å². The van der Waals surface area contributed by atoms with E-state index in [2.05, 4.69) is 0 Å². The fourth-order valence-electron chi connectivity index (χ4n) is 1.26. The molecule has 16 heavy (non-hydrogen) atoms. The number of likely N-dealkylation sites (N-methyl/N-ethyl adjacent to an activating group) is 1. The maximum atomic E-state index is 12.0. The molecule has 0 saturated heterocycles. The Balaban J connectivity index is 2.95. The molecule has 1 rings (SSSR count). The van der Waals surface area contributed by atoms with Crippen LogP contribution < -0.4 is 0 Å². The Bertz CT molecular complexity index is 425. The van der Waals surface area contributed by atoms with Crippen LogP contribution in [-0.4, -0.2) is 35.0 Å². The lowest BCUT2D eigenvalue weighted by atomic mass is 10.1. The molecule has 88 valence electrons. The van der Waals surface area contributed by atoms with Crippen LogP contribution in [0.2, 0.25) is 0 Å². The zero-order valence-corrected chi connectivity index (χ0v) is 10.6. The molecule has 0 spiro atoms. The van der Waals surface area contributed by atoms with E-state index in [1.165, 1.54) is 30.2 Å². The van der Waals surface area contributed by atoms with Gasteiger partial charge in [0.1, 0.15) is 6.04 Å². The van der Waals surface area contributed by atoms with Gasteiger partial charge in [-0.25, -0.2) is 4.79 Å². The highest BCUT2D eigenvalue weighted by Gasteiger charge is 2.24. The molecule has 1 N–H and O–H groups in total. The van der Waals surface area contributed by atoms with Crippen molar-refractivity contribution in [3.05, 3.63) is 21.4 Å². The molecular formula is C11H15NO3S. The lowest BCUT2D eigenvalue weighted by Crippen LogP contribution is -2.40. The summed E-state index contributed by atoms with van der Waals surface area (Å²) in [5.41, 5.74) is 1.53. The molecule has 0 bridgehead atoms. The van der Waals surface area contributed by atoms with E-state index in [0.717, 1.165) is 10.4 Å². The quantitative estimate of drug-likeness (QED) is 0.879. The lowest BCUT2D eigenvalue weighted by molar-refractivity contribution is -0.141. The Morgan fingerprint density at radius 2 is 2.00 bits per heavy atom.